The SMILES string of the molecule is CC(C)CC(=Cc1cccc2c1OC(C)(C)C2)[N+](=O)[O-]. The number of nitro groups is 1. The zero-order valence-corrected chi connectivity index (χ0v) is 12.5. The van der Waals surface area contributed by atoms with Crippen molar-refractivity contribution in [2.75, 3.05) is 0 Å². The van der Waals surface area contributed by atoms with Gasteiger partial charge in [0.1, 0.15) is 11.4 Å². The molecule has 0 bridgehead atoms. The number of rotatable bonds is 4. The lowest BCUT2D eigenvalue weighted by Crippen LogP contribution is -2.24. The first kappa shape index (κ1) is 14.6. The predicted molar refractivity (Wildman–Crippen MR) is 79.3 cm³/mol. The van der Waals surface area contributed by atoms with Crippen molar-refractivity contribution >= 4 is 6.08 Å². The average Bonchev–Trinajstić information content (AvgIpc) is 2.62. The van der Waals surface area contributed by atoms with Crippen LogP contribution in [-0.4, -0.2) is 10.5 Å². The van der Waals surface area contributed by atoms with Crippen LogP contribution < -0.4 is 4.74 Å². The third-order valence-electron chi connectivity index (χ3n) is 3.30. The van der Waals surface area contributed by atoms with Crippen LogP contribution in [0.4, 0.5) is 0 Å². The summed E-state index contributed by atoms with van der Waals surface area (Å²) >= 11 is 0. The predicted octanol–water partition coefficient (Wildman–Crippen LogP) is 4.06. The van der Waals surface area contributed by atoms with E-state index in [0.717, 1.165) is 23.3 Å². The number of allylic oxidation sites excluding steroid dienone is 1. The van der Waals surface area contributed by atoms with Crippen LogP contribution in [0.1, 0.15) is 45.2 Å². The van der Waals surface area contributed by atoms with Gasteiger partial charge in [0.25, 0.3) is 0 Å². The highest BCUT2D eigenvalue weighted by molar-refractivity contribution is 5.62. The zero-order valence-electron chi connectivity index (χ0n) is 12.5. The van der Waals surface area contributed by atoms with Crippen LogP contribution in [0, 0.1) is 16.0 Å². The van der Waals surface area contributed by atoms with Gasteiger partial charge in [0, 0.05) is 24.5 Å². The molecule has 4 heteroatoms. The van der Waals surface area contributed by atoms with Gasteiger partial charge in [-0.2, -0.15) is 0 Å². The van der Waals surface area contributed by atoms with E-state index in [2.05, 4.69) is 0 Å². The van der Waals surface area contributed by atoms with E-state index in [-0.39, 0.29) is 22.1 Å². The van der Waals surface area contributed by atoms with Gasteiger partial charge in [0.05, 0.1) is 4.92 Å². The Kier molecular flexibility index (Phi) is 3.84. The summed E-state index contributed by atoms with van der Waals surface area (Å²) in [5.74, 6) is 1.04. The normalized spacial score (nSPS) is 16.9. The van der Waals surface area contributed by atoms with E-state index in [0.29, 0.717) is 6.42 Å². The molecule has 0 aliphatic carbocycles. The molecule has 108 valence electrons. The number of fused-ring (bicyclic) bond motifs is 1. The Morgan fingerprint density at radius 1 is 1.50 bits per heavy atom. The Balaban J connectivity index is 2.40. The van der Waals surface area contributed by atoms with Crippen molar-refractivity contribution in [1.82, 2.24) is 0 Å². The number of hydrogen-bond donors (Lipinski definition) is 0. The number of hydrogen-bond acceptors (Lipinski definition) is 3. The molecule has 20 heavy (non-hydrogen) atoms. The molecular formula is C16H21NO3. The fourth-order valence-corrected chi connectivity index (χ4v) is 2.54. The molecule has 0 radical (unpaired) electrons. The van der Waals surface area contributed by atoms with Crippen molar-refractivity contribution in [2.24, 2.45) is 5.92 Å². The van der Waals surface area contributed by atoms with Crippen LogP contribution >= 0.6 is 0 Å². The third-order valence-corrected chi connectivity index (χ3v) is 3.30. The van der Waals surface area contributed by atoms with Gasteiger partial charge in [-0.25, -0.2) is 0 Å². The molecule has 0 aromatic heterocycles. The quantitative estimate of drug-likeness (QED) is 0.615. The van der Waals surface area contributed by atoms with Crippen molar-refractivity contribution in [3.8, 4) is 5.75 Å². The maximum absolute atomic E-state index is 11.2. The van der Waals surface area contributed by atoms with Crippen molar-refractivity contribution in [3.63, 3.8) is 0 Å². The van der Waals surface area contributed by atoms with E-state index >= 15 is 0 Å². The summed E-state index contributed by atoms with van der Waals surface area (Å²) in [6.45, 7) is 8.02. The summed E-state index contributed by atoms with van der Waals surface area (Å²) in [5, 5.41) is 11.2. The van der Waals surface area contributed by atoms with Crippen molar-refractivity contribution in [3.05, 3.63) is 45.1 Å². The summed E-state index contributed by atoms with van der Waals surface area (Å²) in [6.07, 6.45) is 2.95. The number of nitrogens with zero attached hydrogens (tertiary/aromatic N) is 1. The summed E-state index contributed by atoms with van der Waals surface area (Å²) in [7, 11) is 0. The minimum Gasteiger partial charge on any atom is -0.487 e. The first-order valence-corrected chi connectivity index (χ1v) is 6.94. The molecule has 2 rings (SSSR count). The molecule has 0 saturated carbocycles. The van der Waals surface area contributed by atoms with Crippen LogP contribution in [0.25, 0.3) is 6.08 Å². The Labute approximate surface area is 119 Å². The average molecular weight is 275 g/mol. The molecule has 0 spiro atoms. The minimum absolute atomic E-state index is 0.237. The Hall–Kier alpha value is -1.84. The molecule has 0 unspecified atom stereocenters. The second kappa shape index (κ2) is 5.27. The lowest BCUT2D eigenvalue weighted by Gasteiger charge is -2.17. The lowest BCUT2D eigenvalue weighted by atomic mass is 9.99. The maximum Gasteiger partial charge on any atom is 0.247 e. The maximum atomic E-state index is 11.2. The Bertz CT molecular complexity index is 559. The highest BCUT2D eigenvalue weighted by atomic mass is 16.6. The number of ether oxygens (including phenoxy) is 1. The largest absolute Gasteiger partial charge is 0.487 e. The lowest BCUT2D eigenvalue weighted by molar-refractivity contribution is -0.427. The highest BCUT2D eigenvalue weighted by Crippen LogP contribution is 2.38. The Morgan fingerprint density at radius 3 is 2.80 bits per heavy atom. The van der Waals surface area contributed by atoms with Crippen molar-refractivity contribution in [2.45, 2.75) is 46.1 Å². The summed E-state index contributed by atoms with van der Waals surface area (Å²) < 4.78 is 5.94. The monoisotopic (exact) mass is 275 g/mol. The van der Waals surface area contributed by atoms with Crippen LogP contribution in [0.15, 0.2) is 23.9 Å². The smallest absolute Gasteiger partial charge is 0.247 e. The molecule has 0 fully saturated rings. The summed E-state index contributed by atoms with van der Waals surface area (Å²) in [5.41, 5.74) is 1.93. The second-order valence-corrected chi connectivity index (χ2v) is 6.36. The standard InChI is InChI=1S/C16H21NO3/c1-11(2)8-14(17(18)19)9-12-6-5-7-13-10-16(3,4)20-15(12)13/h5-7,9,11H,8,10H2,1-4H3. The van der Waals surface area contributed by atoms with Gasteiger partial charge in [-0.3, -0.25) is 10.1 Å². The molecule has 0 saturated heterocycles. The summed E-state index contributed by atoms with van der Waals surface area (Å²) in [6, 6.07) is 5.84. The van der Waals surface area contributed by atoms with Gasteiger partial charge in [-0.05, 0) is 25.3 Å². The van der Waals surface area contributed by atoms with Crippen LogP contribution in [-0.2, 0) is 6.42 Å². The first-order valence-electron chi connectivity index (χ1n) is 6.94. The van der Waals surface area contributed by atoms with E-state index in [9.17, 15) is 10.1 Å². The van der Waals surface area contributed by atoms with Gasteiger partial charge >= 0.3 is 0 Å². The van der Waals surface area contributed by atoms with Gasteiger partial charge in [0.2, 0.25) is 5.70 Å². The molecule has 1 aliphatic heterocycles. The number of benzene rings is 1. The second-order valence-electron chi connectivity index (χ2n) is 6.36. The highest BCUT2D eigenvalue weighted by Gasteiger charge is 2.31. The van der Waals surface area contributed by atoms with Crippen LogP contribution in [0.2, 0.25) is 0 Å². The first-order chi connectivity index (χ1) is 9.28. The van der Waals surface area contributed by atoms with Crippen LogP contribution in [0.5, 0.6) is 5.75 Å². The number of para-hydroxylation sites is 1. The Morgan fingerprint density at radius 2 is 2.20 bits per heavy atom. The fourth-order valence-electron chi connectivity index (χ4n) is 2.54. The molecule has 1 heterocycles. The van der Waals surface area contributed by atoms with Crippen LogP contribution in [0.3, 0.4) is 0 Å². The van der Waals surface area contributed by atoms with Crippen molar-refractivity contribution in [1.29, 1.82) is 0 Å². The molecule has 0 amide bonds. The van der Waals surface area contributed by atoms with E-state index in [1.807, 2.05) is 45.9 Å². The fraction of sp³-hybridized carbons (Fsp3) is 0.500. The molecular weight excluding hydrogens is 254 g/mol. The molecule has 4 nitrogen and oxygen atoms in total. The zero-order chi connectivity index (χ0) is 14.9. The van der Waals surface area contributed by atoms with Gasteiger partial charge in [-0.15, -0.1) is 0 Å². The van der Waals surface area contributed by atoms with Gasteiger partial charge < -0.3 is 4.74 Å². The van der Waals surface area contributed by atoms with Gasteiger partial charge in [-0.1, -0.05) is 32.0 Å². The molecule has 1 aliphatic rings. The topological polar surface area (TPSA) is 52.4 Å². The molecule has 1 aromatic rings. The van der Waals surface area contributed by atoms with Crippen molar-refractivity contribution < 1.29 is 9.66 Å². The third kappa shape index (κ3) is 3.18. The molecule has 0 N–H and O–H groups in total. The van der Waals surface area contributed by atoms with E-state index < -0.39 is 0 Å². The minimum atomic E-state index is -0.292. The van der Waals surface area contributed by atoms with E-state index in [1.54, 1.807) is 6.08 Å². The summed E-state index contributed by atoms with van der Waals surface area (Å²) in [4.78, 5) is 10.9. The molecule has 0 atom stereocenters. The van der Waals surface area contributed by atoms with Gasteiger partial charge in [0.15, 0.2) is 0 Å². The molecule has 1 aromatic carbocycles. The van der Waals surface area contributed by atoms with E-state index in [1.165, 1.54) is 0 Å². The van der Waals surface area contributed by atoms with E-state index in [4.69, 9.17) is 4.74 Å².